The number of urea groups is 1. The Labute approximate surface area is 201 Å². The summed E-state index contributed by atoms with van der Waals surface area (Å²) >= 11 is 0. The van der Waals surface area contributed by atoms with Crippen molar-refractivity contribution in [3.63, 3.8) is 0 Å². The molecule has 2 aromatic carbocycles. The smallest absolute Gasteiger partial charge is 0.324 e. The Hall–Kier alpha value is -4.60. The molecule has 0 radical (unpaired) electrons. The van der Waals surface area contributed by atoms with E-state index in [9.17, 15) is 9.59 Å². The standard InChI is InChI=1S/C25H26N6O4/c1-5-18-15(2)26-24(29-23(18)32)31-22(14-19(30-31)16-9-7-6-8-10-16)28-25(33)27-17-11-12-20(34-3)21(13-17)35-4/h6-14H,5H2,1-4H3,(H,26,29,32)(H2,27,28,33). The summed E-state index contributed by atoms with van der Waals surface area (Å²) in [5.41, 5.74) is 2.91. The summed E-state index contributed by atoms with van der Waals surface area (Å²) in [7, 11) is 3.06. The molecule has 35 heavy (non-hydrogen) atoms. The van der Waals surface area contributed by atoms with Crippen molar-refractivity contribution in [1.82, 2.24) is 19.7 Å². The molecule has 0 bridgehead atoms. The maximum absolute atomic E-state index is 12.9. The highest BCUT2D eigenvalue weighted by atomic mass is 16.5. The van der Waals surface area contributed by atoms with Crippen LogP contribution in [0.25, 0.3) is 17.2 Å². The van der Waals surface area contributed by atoms with Crippen molar-refractivity contribution in [2.75, 3.05) is 24.9 Å². The van der Waals surface area contributed by atoms with Crippen LogP contribution in [-0.4, -0.2) is 40.0 Å². The summed E-state index contributed by atoms with van der Waals surface area (Å²) < 4.78 is 11.9. The Balaban J connectivity index is 1.69. The second-order valence-electron chi connectivity index (χ2n) is 7.65. The average Bonchev–Trinajstić information content (AvgIpc) is 3.27. The van der Waals surface area contributed by atoms with E-state index in [-0.39, 0.29) is 11.5 Å². The van der Waals surface area contributed by atoms with Crippen molar-refractivity contribution < 1.29 is 14.3 Å². The van der Waals surface area contributed by atoms with Gasteiger partial charge in [-0.3, -0.25) is 15.1 Å². The van der Waals surface area contributed by atoms with Crippen LogP contribution in [0.3, 0.4) is 0 Å². The average molecular weight is 475 g/mol. The van der Waals surface area contributed by atoms with E-state index in [1.54, 1.807) is 31.2 Å². The third-order valence-corrected chi connectivity index (χ3v) is 5.43. The van der Waals surface area contributed by atoms with Crippen LogP contribution in [0.4, 0.5) is 16.3 Å². The number of aromatic nitrogens is 4. The van der Waals surface area contributed by atoms with Gasteiger partial charge in [0.05, 0.1) is 19.9 Å². The van der Waals surface area contributed by atoms with Crippen molar-refractivity contribution in [3.05, 3.63) is 76.2 Å². The van der Waals surface area contributed by atoms with Gasteiger partial charge in [0.1, 0.15) is 5.82 Å². The third-order valence-electron chi connectivity index (χ3n) is 5.43. The molecule has 4 aromatic rings. The summed E-state index contributed by atoms with van der Waals surface area (Å²) in [6.07, 6.45) is 0.557. The molecule has 0 saturated carbocycles. The van der Waals surface area contributed by atoms with Crippen LogP contribution in [0.15, 0.2) is 59.4 Å². The van der Waals surface area contributed by atoms with Gasteiger partial charge in [-0.05, 0) is 25.5 Å². The molecule has 0 aliphatic heterocycles. The highest BCUT2D eigenvalue weighted by Gasteiger charge is 2.17. The maximum Gasteiger partial charge on any atom is 0.324 e. The molecule has 180 valence electrons. The number of methoxy groups -OCH3 is 2. The molecule has 2 aromatic heterocycles. The lowest BCUT2D eigenvalue weighted by Gasteiger charge is -2.12. The zero-order chi connectivity index (χ0) is 24.9. The minimum Gasteiger partial charge on any atom is -0.493 e. The summed E-state index contributed by atoms with van der Waals surface area (Å²) in [5.74, 6) is 1.56. The van der Waals surface area contributed by atoms with Gasteiger partial charge in [0.15, 0.2) is 11.5 Å². The van der Waals surface area contributed by atoms with Crippen LogP contribution in [0.2, 0.25) is 0 Å². The van der Waals surface area contributed by atoms with Crippen molar-refractivity contribution >= 4 is 17.5 Å². The molecule has 10 nitrogen and oxygen atoms in total. The Morgan fingerprint density at radius 2 is 1.77 bits per heavy atom. The minimum atomic E-state index is -0.512. The fourth-order valence-electron chi connectivity index (χ4n) is 3.69. The number of rotatable bonds is 7. The number of nitrogens with one attached hydrogen (secondary N) is 3. The molecule has 4 rings (SSSR count). The number of hydrogen-bond donors (Lipinski definition) is 3. The van der Waals surface area contributed by atoms with Gasteiger partial charge in [0.2, 0.25) is 5.95 Å². The van der Waals surface area contributed by atoms with Crippen LogP contribution in [0, 0.1) is 6.92 Å². The van der Waals surface area contributed by atoms with E-state index in [0.717, 1.165) is 5.56 Å². The number of aromatic amines is 1. The molecular formula is C25H26N6O4. The number of carbonyl (C=O) groups is 1. The number of benzene rings is 2. The number of hydrogen-bond acceptors (Lipinski definition) is 6. The Kier molecular flexibility index (Phi) is 6.81. The molecule has 0 atom stereocenters. The van der Waals surface area contributed by atoms with Crippen LogP contribution < -0.4 is 25.7 Å². The predicted octanol–water partition coefficient (Wildman–Crippen LogP) is 4.15. The number of amides is 2. The van der Waals surface area contributed by atoms with E-state index >= 15 is 0 Å². The Bertz CT molecular complexity index is 1410. The molecule has 3 N–H and O–H groups in total. The first-order valence-corrected chi connectivity index (χ1v) is 11.0. The molecule has 0 saturated heterocycles. The molecule has 0 fully saturated rings. The summed E-state index contributed by atoms with van der Waals surface area (Å²) in [6.45, 7) is 3.67. The van der Waals surface area contributed by atoms with Crippen LogP contribution >= 0.6 is 0 Å². The fraction of sp³-hybridized carbons (Fsp3) is 0.200. The lowest BCUT2D eigenvalue weighted by molar-refractivity contribution is 0.262. The summed E-state index contributed by atoms with van der Waals surface area (Å²) in [5, 5.41) is 10.2. The number of aryl methyl sites for hydroxylation is 1. The van der Waals surface area contributed by atoms with Crippen molar-refractivity contribution in [2.24, 2.45) is 0 Å². The third kappa shape index (κ3) is 5.01. The second kappa shape index (κ2) is 10.1. The first kappa shape index (κ1) is 23.6. The predicted molar refractivity (Wildman–Crippen MR) is 134 cm³/mol. The highest BCUT2D eigenvalue weighted by Crippen LogP contribution is 2.30. The van der Waals surface area contributed by atoms with Gasteiger partial charge < -0.3 is 14.8 Å². The molecule has 10 heteroatoms. The van der Waals surface area contributed by atoms with Crippen LogP contribution in [0.1, 0.15) is 18.2 Å². The minimum absolute atomic E-state index is 0.202. The lowest BCUT2D eigenvalue weighted by Crippen LogP contribution is -2.24. The fourth-order valence-corrected chi connectivity index (χ4v) is 3.69. The summed E-state index contributed by atoms with van der Waals surface area (Å²) in [4.78, 5) is 32.7. The highest BCUT2D eigenvalue weighted by molar-refractivity contribution is 5.99. The maximum atomic E-state index is 12.9. The monoisotopic (exact) mass is 474 g/mol. The molecule has 0 aliphatic carbocycles. The van der Waals surface area contributed by atoms with E-state index in [4.69, 9.17) is 9.47 Å². The topological polar surface area (TPSA) is 123 Å². The number of ether oxygens (including phenoxy) is 2. The van der Waals surface area contributed by atoms with Gasteiger partial charge in [0.25, 0.3) is 5.56 Å². The SMILES string of the molecule is CCc1c(C)nc(-n2nc(-c3ccccc3)cc2NC(=O)Nc2ccc(OC)c(OC)c2)[nH]c1=O. The van der Waals surface area contributed by atoms with Gasteiger partial charge in [-0.25, -0.2) is 9.78 Å². The number of H-pyrrole nitrogens is 1. The van der Waals surface area contributed by atoms with Crippen molar-refractivity contribution in [2.45, 2.75) is 20.3 Å². The van der Waals surface area contributed by atoms with Crippen molar-refractivity contribution in [3.8, 4) is 28.7 Å². The molecule has 0 aliphatic rings. The zero-order valence-corrected chi connectivity index (χ0v) is 19.9. The van der Waals surface area contributed by atoms with E-state index in [0.29, 0.717) is 46.4 Å². The molecule has 2 heterocycles. The van der Waals surface area contributed by atoms with Crippen molar-refractivity contribution in [1.29, 1.82) is 0 Å². The first-order valence-electron chi connectivity index (χ1n) is 11.0. The van der Waals surface area contributed by atoms with E-state index < -0.39 is 6.03 Å². The van der Waals surface area contributed by atoms with Crippen LogP contribution in [0.5, 0.6) is 11.5 Å². The van der Waals surface area contributed by atoms with Gasteiger partial charge in [-0.15, -0.1) is 0 Å². The van der Waals surface area contributed by atoms with E-state index in [2.05, 4.69) is 25.7 Å². The number of nitrogens with zero attached hydrogens (tertiary/aromatic N) is 3. The molecule has 2 amide bonds. The molecule has 0 spiro atoms. The van der Waals surface area contributed by atoms with E-state index in [1.807, 2.05) is 37.3 Å². The number of anilines is 2. The molecule has 0 unspecified atom stereocenters. The second-order valence-corrected chi connectivity index (χ2v) is 7.65. The lowest BCUT2D eigenvalue weighted by atomic mass is 10.2. The first-order chi connectivity index (χ1) is 16.9. The van der Waals surface area contributed by atoms with E-state index in [1.165, 1.54) is 18.9 Å². The Morgan fingerprint density at radius 1 is 1.03 bits per heavy atom. The Morgan fingerprint density at radius 3 is 2.43 bits per heavy atom. The zero-order valence-electron chi connectivity index (χ0n) is 19.9. The number of carbonyl (C=O) groups excluding carboxylic acids is 1. The van der Waals surface area contributed by atoms with Gasteiger partial charge in [0, 0.05) is 34.6 Å². The van der Waals surface area contributed by atoms with Crippen LogP contribution in [-0.2, 0) is 6.42 Å². The molecular weight excluding hydrogens is 448 g/mol. The largest absolute Gasteiger partial charge is 0.493 e. The quantitative estimate of drug-likeness (QED) is 0.370. The van der Waals surface area contributed by atoms with Gasteiger partial charge in [-0.2, -0.15) is 9.78 Å². The van der Waals surface area contributed by atoms with Gasteiger partial charge in [-0.1, -0.05) is 37.3 Å². The normalized spacial score (nSPS) is 10.6. The summed E-state index contributed by atoms with van der Waals surface area (Å²) in [6, 6.07) is 15.7. The van der Waals surface area contributed by atoms with Gasteiger partial charge >= 0.3 is 6.03 Å².